The number of nitrogen functional groups attached to an aromatic ring is 4. The molecule has 12 N–H and O–H groups in total. The van der Waals surface area contributed by atoms with Crippen molar-refractivity contribution in [1.82, 2.24) is 21.3 Å². The molecule has 0 saturated carbocycles. The van der Waals surface area contributed by atoms with Crippen molar-refractivity contribution >= 4 is 45.5 Å². The number of nitrogens with zero attached hydrogens (tertiary/aromatic N) is 8. The third kappa shape index (κ3) is 22.4. The van der Waals surface area contributed by atoms with E-state index in [-0.39, 0.29) is 0 Å². The monoisotopic (exact) mass is 1220 g/mol. The van der Waals surface area contributed by atoms with E-state index in [1.54, 1.807) is 0 Å². The maximum absolute atomic E-state index is 5.97. The van der Waals surface area contributed by atoms with Crippen LogP contribution in [0.4, 0.5) is 45.5 Å². The number of likely N-dealkylation sites (N-methyl/N-ethyl adjacent to an activating group) is 4. The molecule has 7 heterocycles. The van der Waals surface area contributed by atoms with Crippen molar-refractivity contribution < 1.29 is 22.7 Å². The van der Waals surface area contributed by atoms with Gasteiger partial charge in [0.1, 0.15) is 13.1 Å². The van der Waals surface area contributed by atoms with Crippen LogP contribution in [0.15, 0.2) is 72.8 Å². The highest BCUT2D eigenvalue weighted by Gasteiger charge is 2.28. The lowest BCUT2D eigenvalue weighted by atomic mass is 10.0. The van der Waals surface area contributed by atoms with E-state index in [9.17, 15) is 0 Å². The van der Waals surface area contributed by atoms with Gasteiger partial charge in [-0.15, -0.1) is 0 Å². The van der Waals surface area contributed by atoms with Crippen molar-refractivity contribution in [2.24, 2.45) is 0 Å². The van der Waals surface area contributed by atoms with Crippen LogP contribution in [-0.2, 0) is 30.4 Å². The number of likely N-dealkylation sites (tertiary alicyclic amines) is 2. The molecule has 3 fully saturated rings. The van der Waals surface area contributed by atoms with Gasteiger partial charge in [-0.25, -0.2) is 0 Å². The number of aryl methyl sites for hydroxylation is 4. The minimum atomic E-state index is 0.869. The fourth-order valence-corrected chi connectivity index (χ4v) is 14.2. The Labute approximate surface area is 533 Å². The number of benzene rings is 4. The number of hydrogen-bond donors (Lipinski definition) is 8. The summed E-state index contributed by atoms with van der Waals surface area (Å²) in [5.41, 5.74) is 38.5. The summed E-state index contributed by atoms with van der Waals surface area (Å²) >= 11 is 0. The topological polar surface area (TPSA) is 174 Å². The molecule has 490 valence electrons. The third-order valence-electron chi connectivity index (χ3n) is 20.1. The maximum atomic E-state index is 5.97. The van der Waals surface area contributed by atoms with E-state index in [2.05, 4.69) is 132 Å². The molecule has 4 aromatic rings. The summed E-state index contributed by atoms with van der Waals surface area (Å²) in [6.07, 6.45) is 16.8. The minimum absolute atomic E-state index is 0.869. The number of piperidine rings is 1. The van der Waals surface area contributed by atoms with Crippen LogP contribution in [0.5, 0.6) is 0 Å². The molecule has 4 aromatic carbocycles. The first-order valence-corrected chi connectivity index (χ1v) is 34.7. The van der Waals surface area contributed by atoms with Gasteiger partial charge in [-0.05, 0) is 141 Å². The van der Waals surface area contributed by atoms with Crippen LogP contribution in [0.1, 0.15) is 80.0 Å². The molecule has 88 heavy (non-hydrogen) atoms. The second-order valence-electron chi connectivity index (χ2n) is 28.7. The van der Waals surface area contributed by atoms with Crippen LogP contribution < -0.4 is 63.8 Å². The second-order valence-corrected chi connectivity index (χ2v) is 28.7. The molecule has 7 aliphatic rings. The highest BCUT2D eigenvalue weighted by molar-refractivity contribution is 5.65. The smallest absolute Gasteiger partial charge is 0.102 e. The number of anilines is 8. The molecular weight excluding hydrogens is 1090 g/mol. The fourth-order valence-electron chi connectivity index (χ4n) is 14.2. The number of ether oxygens (including phenoxy) is 1. The summed E-state index contributed by atoms with van der Waals surface area (Å²) in [6.45, 7) is 31.9. The summed E-state index contributed by atoms with van der Waals surface area (Å²) in [7, 11) is 13.8. The molecule has 17 nitrogen and oxygen atoms in total. The number of rotatable bonds is 24. The average molecular weight is 1220 g/mol. The molecule has 0 aliphatic carbocycles. The van der Waals surface area contributed by atoms with E-state index in [0.717, 1.165) is 169 Å². The number of quaternary nitrogens is 4. The number of fused-ring (bicyclic) bond motifs is 4. The van der Waals surface area contributed by atoms with Crippen molar-refractivity contribution in [2.75, 3.05) is 268 Å². The number of nitrogens with two attached hydrogens (primary N) is 4. The fraction of sp³-hybridized carbons (Fsp3) is 0.662. The standard InChI is InChI=1S/C19H33N4.C18H31N4O.C18H31N4.C16H29N4/c1-23(13-3-2-4-14-23)15-10-21-9-12-22-11-5-6-17-7-8-18(20)16-19(17)22;1-22(11-13-23-14-12-22)10-7-20-6-9-21-8-2-3-16-4-5-17(19)15-18(16)21;1-22(12-2-3-13-22)14-9-20-8-11-21-10-4-5-16-6-7-17(19)15-18(16)21;1-20(2,3)12-9-18-8-11-19-10-4-5-14-6-7-15(17)13-16(14)19/h7-8,16,21H,2-6,9-15,20H2,1H3;4-5,15,20H,2-3,6-14,19H2,1H3;6-7,15,20H,2-5,8-14,19H2,1H3;6-7,13,18H,4-5,8-12,17H2,1-3H3/q4*+1. The SMILES string of the molecule is C[N+](C)(C)CCNCCN1CCCc2ccc(N)cc21.C[N+]1(CCNCCN2CCCc3ccc(N)cc32)CCCC1.C[N+]1(CCNCCN2CCCc3ccc(N)cc32)CCCCC1.C[N+]1(CCNCCN2CCCc3ccc(N)cc32)CCOCC1. The van der Waals surface area contributed by atoms with Crippen molar-refractivity contribution in [1.29, 1.82) is 0 Å². The van der Waals surface area contributed by atoms with Crippen LogP contribution in [-0.4, -0.2) is 244 Å². The van der Waals surface area contributed by atoms with Crippen molar-refractivity contribution in [2.45, 2.75) is 83.5 Å². The summed E-state index contributed by atoms with van der Waals surface area (Å²) in [4.78, 5) is 9.94. The summed E-state index contributed by atoms with van der Waals surface area (Å²) < 4.78 is 10.1. The van der Waals surface area contributed by atoms with Crippen molar-refractivity contribution in [3.05, 3.63) is 95.1 Å². The molecule has 11 rings (SSSR count). The lowest BCUT2D eigenvalue weighted by molar-refractivity contribution is -0.915. The molecule has 0 radical (unpaired) electrons. The Morgan fingerprint density at radius 3 is 0.966 bits per heavy atom. The Balaban J connectivity index is 0.000000152. The van der Waals surface area contributed by atoms with Gasteiger partial charge in [-0.1, -0.05) is 24.3 Å². The molecule has 0 bridgehead atoms. The van der Waals surface area contributed by atoms with E-state index in [0.29, 0.717) is 0 Å². The maximum Gasteiger partial charge on any atom is 0.102 e. The van der Waals surface area contributed by atoms with Crippen LogP contribution in [0.3, 0.4) is 0 Å². The summed E-state index contributed by atoms with van der Waals surface area (Å²) in [5, 5.41) is 14.5. The zero-order chi connectivity index (χ0) is 62.2. The first-order valence-electron chi connectivity index (χ1n) is 34.7. The van der Waals surface area contributed by atoms with E-state index < -0.39 is 0 Å². The molecule has 0 atom stereocenters. The quantitative estimate of drug-likeness (QED) is 0.0217. The number of hydrogen-bond acceptors (Lipinski definition) is 13. The third-order valence-corrected chi connectivity index (χ3v) is 20.1. The molecule has 0 spiro atoms. The Morgan fingerprint density at radius 2 is 0.659 bits per heavy atom. The van der Waals surface area contributed by atoms with Crippen LogP contribution >= 0.6 is 0 Å². The van der Waals surface area contributed by atoms with Gasteiger partial charge >= 0.3 is 0 Å². The normalized spacial score (nSPS) is 19.1. The average Bonchev–Trinajstić information content (AvgIpc) is 3.63. The van der Waals surface area contributed by atoms with Gasteiger partial charge in [0.2, 0.25) is 0 Å². The number of nitrogens with one attached hydrogen (secondary N) is 4. The molecule has 0 unspecified atom stereocenters. The largest absolute Gasteiger partial charge is 0.399 e. The van der Waals surface area contributed by atoms with Crippen LogP contribution in [0, 0.1) is 0 Å². The Hall–Kier alpha value is -5.08. The first-order chi connectivity index (χ1) is 42.4. The summed E-state index contributed by atoms with van der Waals surface area (Å²) in [5.74, 6) is 0. The van der Waals surface area contributed by atoms with Gasteiger partial charge in [0.05, 0.1) is 108 Å². The Bertz CT molecular complexity index is 2580. The molecule has 7 aliphatic heterocycles. The van der Waals surface area contributed by atoms with Crippen molar-refractivity contribution in [3.63, 3.8) is 0 Å². The van der Waals surface area contributed by atoms with Gasteiger partial charge in [0, 0.05) is 163 Å². The van der Waals surface area contributed by atoms with Gasteiger partial charge < -0.3 is 86.5 Å². The molecular formula is C71H124N16O+4. The lowest BCUT2D eigenvalue weighted by Gasteiger charge is -2.38. The van der Waals surface area contributed by atoms with E-state index in [1.807, 2.05) is 24.3 Å². The predicted molar refractivity (Wildman–Crippen MR) is 376 cm³/mol. The predicted octanol–water partition coefficient (Wildman–Crippen LogP) is 6.50. The summed E-state index contributed by atoms with van der Waals surface area (Å²) in [6, 6.07) is 25.4. The zero-order valence-electron chi connectivity index (χ0n) is 56.2. The van der Waals surface area contributed by atoms with Crippen molar-refractivity contribution in [3.8, 4) is 0 Å². The van der Waals surface area contributed by atoms with E-state index in [1.165, 1.54) is 183 Å². The second kappa shape index (κ2) is 34.4. The Morgan fingerprint density at radius 1 is 0.375 bits per heavy atom. The highest BCUT2D eigenvalue weighted by atomic mass is 16.5. The number of morpholine rings is 1. The van der Waals surface area contributed by atoms with Crippen LogP contribution in [0.25, 0.3) is 0 Å². The van der Waals surface area contributed by atoms with Gasteiger partial charge in [-0.2, -0.15) is 0 Å². The zero-order valence-corrected chi connectivity index (χ0v) is 56.2. The van der Waals surface area contributed by atoms with Gasteiger partial charge in [-0.3, -0.25) is 0 Å². The molecule has 0 aromatic heterocycles. The minimum Gasteiger partial charge on any atom is -0.399 e. The van der Waals surface area contributed by atoms with E-state index in [4.69, 9.17) is 27.7 Å². The highest BCUT2D eigenvalue weighted by Crippen LogP contribution is 2.32. The molecule has 17 heteroatoms. The van der Waals surface area contributed by atoms with Gasteiger partial charge in [0.15, 0.2) is 0 Å². The van der Waals surface area contributed by atoms with Crippen LogP contribution in [0.2, 0.25) is 0 Å². The van der Waals surface area contributed by atoms with E-state index >= 15 is 0 Å². The Kier molecular flexibility index (Phi) is 26.9. The lowest BCUT2D eigenvalue weighted by Crippen LogP contribution is -2.54. The molecule has 0 amide bonds. The first kappa shape index (κ1) is 68.8. The van der Waals surface area contributed by atoms with Gasteiger partial charge in [0.25, 0.3) is 0 Å². The molecule has 3 saturated heterocycles.